The Hall–Kier alpha value is -3.76. The van der Waals surface area contributed by atoms with Gasteiger partial charge in [-0.25, -0.2) is 9.13 Å². The molecule has 0 aromatic carbocycles. The Kier molecular flexibility index (Phi) is 67.0. The fourth-order valence-electron chi connectivity index (χ4n) is 10.1. The van der Waals surface area contributed by atoms with Gasteiger partial charge in [0.1, 0.15) is 19.3 Å². The van der Waals surface area contributed by atoms with Crippen LogP contribution in [-0.4, -0.2) is 96.7 Å². The summed E-state index contributed by atoms with van der Waals surface area (Å²) < 4.78 is 68.3. The number of aliphatic hydroxyl groups is 1. The lowest BCUT2D eigenvalue weighted by atomic mass is 10.0. The van der Waals surface area contributed by atoms with Crippen LogP contribution in [-0.2, 0) is 65.4 Å². The molecular weight excluding hydrogens is 1260 g/mol. The highest BCUT2D eigenvalue weighted by molar-refractivity contribution is 7.47. The number of unbranched alkanes of at least 4 members (excludes halogenated alkanes) is 32. The number of aliphatic hydroxyl groups excluding tert-OH is 1. The van der Waals surface area contributed by atoms with Crippen LogP contribution in [0.5, 0.6) is 0 Å². The van der Waals surface area contributed by atoms with Crippen LogP contribution >= 0.6 is 15.6 Å². The average molecular weight is 1400 g/mol. The Bertz CT molecular complexity index is 2160. The molecule has 96 heavy (non-hydrogen) atoms. The van der Waals surface area contributed by atoms with Gasteiger partial charge in [0.05, 0.1) is 32.8 Å². The third kappa shape index (κ3) is 68.8. The highest BCUT2D eigenvalue weighted by Gasteiger charge is 2.30. The number of carbonyl (C=O) groups excluding carboxylic acids is 4. The van der Waals surface area contributed by atoms with E-state index in [0.717, 1.165) is 122 Å². The molecule has 0 bridgehead atoms. The van der Waals surface area contributed by atoms with Crippen LogP contribution in [0.1, 0.15) is 323 Å². The van der Waals surface area contributed by atoms with E-state index in [1.165, 1.54) is 122 Å². The van der Waals surface area contributed by atoms with Gasteiger partial charge in [0.2, 0.25) is 0 Å². The third-order valence-electron chi connectivity index (χ3n) is 15.9. The molecular formula is C77H136O17P2. The van der Waals surface area contributed by atoms with Crippen LogP contribution in [0.15, 0.2) is 85.1 Å². The van der Waals surface area contributed by atoms with Gasteiger partial charge in [-0.05, 0) is 96.3 Å². The second-order valence-electron chi connectivity index (χ2n) is 25.2. The molecule has 3 N–H and O–H groups in total. The number of rotatable bonds is 71. The van der Waals surface area contributed by atoms with E-state index in [1.807, 2.05) is 18.2 Å². The predicted molar refractivity (Wildman–Crippen MR) is 390 cm³/mol. The van der Waals surface area contributed by atoms with Crippen LogP contribution in [0.4, 0.5) is 0 Å². The first-order valence-corrected chi connectivity index (χ1v) is 40.8. The summed E-state index contributed by atoms with van der Waals surface area (Å²) in [5, 5.41) is 10.6. The molecule has 0 aliphatic rings. The molecule has 0 aromatic rings. The minimum absolute atomic E-state index is 0.0669. The molecule has 17 nitrogen and oxygen atoms in total. The summed E-state index contributed by atoms with van der Waals surface area (Å²) in [7, 11) is -9.96. The van der Waals surface area contributed by atoms with Crippen molar-refractivity contribution >= 4 is 39.5 Å². The fraction of sp³-hybridized carbons (Fsp3) is 0.766. The standard InChI is InChI=1S/C77H136O17P2/c1-5-9-13-17-21-25-29-32-35-38-42-45-49-53-57-61-74(79)87-67-72(93-76(81)63-59-55-51-47-41-28-24-20-16-12-8-4)69-91-95(83,84)89-65-71(78)66-90-96(85,86)92-70-73(94-77(82)64-60-56-52-48-44-40-37-34-31-27-23-19-15-11-7-3)68-88-75(80)62-58-54-50-46-43-39-36-33-30-26-22-18-14-10-6-2/h10,14,20,22,24,26,33-34,36-37,43,46,54,58,71-73,78H,5-9,11-13,15-19,21,23,25,27-32,35,38-42,44-45,47-53,55-57,59-70H2,1-4H3,(H,83,84)(H,85,86)/b14-10-,24-20-,26-22-,36-33-,37-34-,46-43-,58-54-. The number of allylic oxidation sites excluding steroid dienone is 13. The second kappa shape index (κ2) is 69.7. The Morgan fingerprint density at radius 3 is 0.948 bits per heavy atom. The van der Waals surface area contributed by atoms with Gasteiger partial charge in [-0.15, -0.1) is 0 Å². The first-order chi connectivity index (χ1) is 46.7. The summed E-state index contributed by atoms with van der Waals surface area (Å²) in [6, 6.07) is 0. The zero-order valence-corrected chi connectivity index (χ0v) is 62.3. The van der Waals surface area contributed by atoms with Crippen LogP contribution in [0.2, 0.25) is 0 Å². The number of phosphoric ester groups is 2. The van der Waals surface area contributed by atoms with Gasteiger partial charge in [0, 0.05) is 19.3 Å². The molecule has 0 fully saturated rings. The number of esters is 4. The lowest BCUT2D eigenvalue weighted by molar-refractivity contribution is -0.161. The summed E-state index contributed by atoms with van der Waals surface area (Å²) in [6.45, 7) is 4.61. The Morgan fingerprint density at radius 2 is 0.594 bits per heavy atom. The lowest BCUT2D eigenvalue weighted by Crippen LogP contribution is -2.30. The van der Waals surface area contributed by atoms with E-state index in [0.29, 0.717) is 25.7 Å². The summed E-state index contributed by atoms with van der Waals surface area (Å²) in [4.78, 5) is 72.7. The first kappa shape index (κ1) is 92.2. The smallest absolute Gasteiger partial charge is 0.462 e. The minimum Gasteiger partial charge on any atom is -0.462 e. The molecule has 0 spiro atoms. The molecule has 0 heterocycles. The van der Waals surface area contributed by atoms with Gasteiger partial charge in [-0.2, -0.15) is 0 Å². The van der Waals surface area contributed by atoms with Crippen molar-refractivity contribution in [1.82, 2.24) is 0 Å². The van der Waals surface area contributed by atoms with Gasteiger partial charge in [-0.1, -0.05) is 286 Å². The normalized spacial score (nSPS) is 14.4. The Morgan fingerprint density at radius 1 is 0.312 bits per heavy atom. The summed E-state index contributed by atoms with van der Waals surface area (Å²) in [5.74, 6) is -2.32. The van der Waals surface area contributed by atoms with E-state index in [2.05, 4.69) is 88.5 Å². The SMILES string of the molecule is CC/C=C\C/C=C\C/C=C\C/C=C\C/C=C\CC(=O)OCC(COP(=O)(O)OCC(O)COP(=O)(O)OCC(COC(=O)CCCCCCCCCCCCCCCCC)OC(=O)CCCCCCC/C=C\CCCC)OC(=O)CCCCCCC/C=C\CCCCCCCC. The molecule has 5 atom stereocenters. The van der Waals surface area contributed by atoms with Crippen molar-refractivity contribution in [3.05, 3.63) is 85.1 Å². The lowest BCUT2D eigenvalue weighted by Gasteiger charge is -2.21. The van der Waals surface area contributed by atoms with Crippen molar-refractivity contribution in [3.8, 4) is 0 Å². The molecule has 0 saturated heterocycles. The summed E-state index contributed by atoms with van der Waals surface area (Å²) in [6.07, 6.45) is 70.4. The quantitative estimate of drug-likeness (QED) is 0.0169. The van der Waals surface area contributed by atoms with Crippen molar-refractivity contribution in [2.24, 2.45) is 0 Å². The zero-order valence-electron chi connectivity index (χ0n) is 60.5. The van der Waals surface area contributed by atoms with E-state index in [9.17, 15) is 43.2 Å². The maximum atomic E-state index is 13.1. The van der Waals surface area contributed by atoms with Crippen molar-refractivity contribution in [2.45, 2.75) is 341 Å². The van der Waals surface area contributed by atoms with Crippen LogP contribution in [0.25, 0.3) is 0 Å². The van der Waals surface area contributed by atoms with Crippen LogP contribution < -0.4 is 0 Å². The highest BCUT2D eigenvalue weighted by atomic mass is 31.2. The van der Waals surface area contributed by atoms with E-state index < -0.39 is 97.5 Å². The van der Waals surface area contributed by atoms with Crippen LogP contribution in [0, 0.1) is 0 Å². The van der Waals surface area contributed by atoms with Crippen molar-refractivity contribution in [3.63, 3.8) is 0 Å². The van der Waals surface area contributed by atoms with Crippen molar-refractivity contribution < 1.29 is 80.2 Å². The first-order valence-electron chi connectivity index (χ1n) is 37.8. The van der Waals surface area contributed by atoms with Crippen molar-refractivity contribution in [1.29, 1.82) is 0 Å². The van der Waals surface area contributed by atoms with E-state index in [1.54, 1.807) is 6.08 Å². The number of carbonyl (C=O) groups is 4. The number of hydrogen-bond acceptors (Lipinski definition) is 15. The second-order valence-corrected chi connectivity index (χ2v) is 28.1. The Labute approximate surface area is 583 Å². The minimum atomic E-state index is -4.99. The van der Waals surface area contributed by atoms with Gasteiger partial charge >= 0.3 is 39.5 Å². The van der Waals surface area contributed by atoms with Crippen LogP contribution in [0.3, 0.4) is 0 Å². The molecule has 0 saturated carbocycles. The summed E-state index contributed by atoms with van der Waals surface area (Å²) in [5.41, 5.74) is 0. The molecule has 0 aliphatic carbocycles. The fourth-order valence-corrected chi connectivity index (χ4v) is 11.7. The predicted octanol–water partition coefficient (Wildman–Crippen LogP) is 21.4. The van der Waals surface area contributed by atoms with Gasteiger partial charge < -0.3 is 33.8 Å². The summed E-state index contributed by atoms with van der Waals surface area (Å²) >= 11 is 0. The maximum absolute atomic E-state index is 13.1. The highest BCUT2D eigenvalue weighted by Crippen LogP contribution is 2.45. The van der Waals surface area contributed by atoms with Gasteiger partial charge in [0.25, 0.3) is 0 Å². The van der Waals surface area contributed by atoms with E-state index in [4.69, 9.17) is 37.0 Å². The van der Waals surface area contributed by atoms with E-state index in [-0.39, 0.29) is 25.7 Å². The molecule has 0 aromatic heterocycles. The monoisotopic (exact) mass is 1390 g/mol. The molecule has 5 unspecified atom stereocenters. The number of hydrogen-bond donors (Lipinski definition) is 3. The van der Waals surface area contributed by atoms with Gasteiger partial charge in [-0.3, -0.25) is 37.3 Å². The molecule has 0 rings (SSSR count). The van der Waals surface area contributed by atoms with Gasteiger partial charge in [0.15, 0.2) is 12.2 Å². The molecule has 19 heteroatoms. The molecule has 0 radical (unpaired) electrons. The average Bonchev–Trinajstić information content (AvgIpc) is 1.09. The molecule has 0 aliphatic heterocycles. The molecule has 556 valence electrons. The number of phosphoric acid groups is 2. The maximum Gasteiger partial charge on any atom is 0.472 e. The molecule has 0 amide bonds. The van der Waals surface area contributed by atoms with E-state index >= 15 is 0 Å². The van der Waals surface area contributed by atoms with Crippen molar-refractivity contribution in [2.75, 3.05) is 39.6 Å². The third-order valence-corrected chi connectivity index (χ3v) is 17.8. The Balaban J connectivity index is 5.37. The zero-order chi connectivity index (χ0) is 70.4. The largest absolute Gasteiger partial charge is 0.472 e. The topological polar surface area (TPSA) is 237 Å². The number of ether oxygens (including phenoxy) is 4.